The quantitative estimate of drug-likeness (QED) is 0.455. The predicted molar refractivity (Wildman–Crippen MR) is 78.6 cm³/mol. The number of hydrogen-bond acceptors (Lipinski definition) is 5. The Morgan fingerprint density at radius 1 is 1.50 bits per heavy atom. The summed E-state index contributed by atoms with van der Waals surface area (Å²) in [7, 11) is 0. The van der Waals surface area contributed by atoms with E-state index in [1.54, 1.807) is 13.8 Å². The Labute approximate surface area is 128 Å². The van der Waals surface area contributed by atoms with Gasteiger partial charge in [-0.05, 0) is 43.4 Å². The highest BCUT2D eigenvalue weighted by Crippen LogP contribution is 2.19. The van der Waals surface area contributed by atoms with Crippen molar-refractivity contribution in [2.75, 3.05) is 0 Å². The lowest BCUT2D eigenvalue weighted by Crippen LogP contribution is -2.25. The number of rotatable bonds is 3. The van der Waals surface area contributed by atoms with Gasteiger partial charge in [0.1, 0.15) is 18.4 Å². The molecule has 2 aromatic heterocycles. The first-order valence-electron chi connectivity index (χ1n) is 5.77. The second-order valence-corrected chi connectivity index (χ2v) is 5.43. The van der Waals surface area contributed by atoms with E-state index in [-0.39, 0.29) is 11.6 Å². The first-order chi connectivity index (χ1) is 9.32. The standard InChI is InChI=1S/C11H12IN5O3/c1-6-10(12)7(2)16(14-6)11(18)8(3)15-5-9(4-13-15)17(19)20/h4-5,8H,1-3H3. The van der Waals surface area contributed by atoms with Crippen LogP contribution >= 0.6 is 22.6 Å². The number of carbonyl (C=O) groups is 1. The Bertz CT molecular complexity index is 690. The van der Waals surface area contributed by atoms with Crippen molar-refractivity contribution in [3.63, 3.8) is 0 Å². The number of halogens is 1. The van der Waals surface area contributed by atoms with Crippen LogP contribution in [0.5, 0.6) is 0 Å². The fourth-order valence-electron chi connectivity index (χ4n) is 1.76. The summed E-state index contributed by atoms with van der Waals surface area (Å²) in [6.07, 6.45) is 2.36. The van der Waals surface area contributed by atoms with Crippen LogP contribution in [0.25, 0.3) is 0 Å². The zero-order valence-corrected chi connectivity index (χ0v) is 13.2. The molecule has 2 aromatic rings. The average molecular weight is 389 g/mol. The highest BCUT2D eigenvalue weighted by atomic mass is 127. The molecule has 0 aliphatic heterocycles. The van der Waals surface area contributed by atoms with Crippen molar-refractivity contribution >= 4 is 34.2 Å². The van der Waals surface area contributed by atoms with Crippen molar-refractivity contribution in [3.05, 3.63) is 37.5 Å². The van der Waals surface area contributed by atoms with Gasteiger partial charge in [0.15, 0.2) is 0 Å². The summed E-state index contributed by atoms with van der Waals surface area (Å²) >= 11 is 2.13. The molecule has 0 saturated heterocycles. The summed E-state index contributed by atoms with van der Waals surface area (Å²) in [5.74, 6) is -0.286. The zero-order valence-electron chi connectivity index (χ0n) is 11.1. The summed E-state index contributed by atoms with van der Waals surface area (Å²) in [6.45, 7) is 5.25. The summed E-state index contributed by atoms with van der Waals surface area (Å²) in [6, 6.07) is -0.669. The average Bonchev–Trinajstić information content (AvgIpc) is 2.99. The van der Waals surface area contributed by atoms with E-state index >= 15 is 0 Å². The maximum Gasteiger partial charge on any atom is 0.307 e. The van der Waals surface area contributed by atoms with Gasteiger partial charge < -0.3 is 0 Å². The van der Waals surface area contributed by atoms with Crippen LogP contribution < -0.4 is 0 Å². The van der Waals surface area contributed by atoms with Crippen molar-refractivity contribution in [3.8, 4) is 0 Å². The molecule has 0 aliphatic carbocycles. The van der Waals surface area contributed by atoms with Crippen molar-refractivity contribution < 1.29 is 9.72 Å². The predicted octanol–water partition coefficient (Wildman–Crippen LogP) is 2.11. The van der Waals surface area contributed by atoms with Gasteiger partial charge >= 0.3 is 5.69 Å². The van der Waals surface area contributed by atoms with E-state index in [1.165, 1.54) is 15.6 Å². The SMILES string of the molecule is Cc1nn(C(=O)C(C)n2cc([N+](=O)[O-])cn2)c(C)c1I. The molecule has 0 aliphatic rings. The first kappa shape index (κ1) is 14.6. The van der Waals surface area contributed by atoms with Crippen LogP contribution in [-0.4, -0.2) is 30.4 Å². The Morgan fingerprint density at radius 3 is 2.60 bits per heavy atom. The monoisotopic (exact) mass is 389 g/mol. The smallest absolute Gasteiger partial charge is 0.270 e. The number of hydrogen-bond donors (Lipinski definition) is 0. The molecule has 0 aromatic carbocycles. The largest absolute Gasteiger partial charge is 0.307 e. The van der Waals surface area contributed by atoms with Crippen LogP contribution in [-0.2, 0) is 0 Å². The maximum atomic E-state index is 12.4. The zero-order chi connectivity index (χ0) is 15.0. The maximum absolute atomic E-state index is 12.4. The number of nitro groups is 1. The molecule has 0 amide bonds. The van der Waals surface area contributed by atoms with Crippen molar-refractivity contribution in [1.29, 1.82) is 0 Å². The Kier molecular flexibility index (Phi) is 3.88. The van der Waals surface area contributed by atoms with Gasteiger partial charge in [-0.15, -0.1) is 0 Å². The van der Waals surface area contributed by atoms with E-state index in [4.69, 9.17) is 0 Å². The molecule has 8 nitrogen and oxygen atoms in total. The second kappa shape index (κ2) is 5.31. The number of aryl methyl sites for hydroxylation is 1. The molecule has 0 saturated carbocycles. The fourth-order valence-corrected chi connectivity index (χ4v) is 2.10. The van der Waals surface area contributed by atoms with Gasteiger partial charge in [-0.1, -0.05) is 0 Å². The second-order valence-electron chi connectivity index (χ2n) is 4.35. The minimum atomic E-state index is -0.669. The Morgan fingerprint density at radius 2 is 2.15 bits per heavy atom. The number of aromatic nitrogens is 4. The highest BCUT2D eigenvalue weighted by molar-refractivity contribution is 14.1. The highest BCUT2D eigenvalue weighted by Gasteiger charge is 2.23. The van der Waals surface area contributed by atoms with Crippen LogP contribution in [0.4, 0.5) is 5.69 Å². The third-order valence-corrected chi connectivity index (χ3v) is 4.53. The van der Waals surface area contributed by atoms with Crippen LogP contribution in [0.3, 0.4) is 0 Å². The molecule has 0 radical (unpaired) electrons. The molecule has 0 spiro atoms. The summed E-state index contributed by atoms with van der Waals surface area (Å²) < 4.78 is 3.51. The van der Waals surface area contributed by atoms with E-state index in [2.05, 4.69) is 32.8 Å². The number of carbonyl (C=O) groups excluding carboxylic acids is 1. The minimum absolute atomic E-state index is 0.146. The lowest BCUT2D eigenvalue weighted by molar-refractivity contribution is -0.385. The van der Waals surface area contributed by atoms with Gasteiger partial charge in [-0.3, -0.25) is 19.6 Å². The van der Waals surface area contributed by atoms with Gasteiger partial charge in [0.05, 0.1) is 19.9 Å². The van der Waals surface area contributed by atoms with Crippen molar-refractivity contribution in [2.24, 2.45) is 0 Å². The summed E-state index contributed by atoms with van der Waals surface area (Å²) in [5.41, 5.74) is 1.38. The van der Waals surface area contributed by atoms with Crippen molar-refractivity contribution in [2.45, 2.75) is 26.8 Å². The topological polar surface area (TPSA) is 95.8 Å². The molecule has 1 atom stereocenters. The molecule has 0 N–H and O–H groups in total. The third-order valence-electron chi connectivity index (χ3n) is 2.96. The molecule has 2 heterocycles. The Hall–Kier alpha value is -1.78. The summed E-state index contributed by atoms with van der Waals surface area (Å²) in [5, 5.41) is 18.7. The van der Waals surface area contributed by atoms with Crippen LogP contribution in [0.15, 0.2) is 12.4 Å². The van der Waals surface area contributed by atoms with Crippen LogP contribution in [0.1, 0.15) is 29.1 Å². The summed E-state index contributed by atoms with van der Waals surface area (Å²) in [4.78, 5) is 22.5. The number of nitrogens with zero attached hydrogens (tertiary/aromatic N) is 5. The molecule has 106 valence electrons. The van der Waals surface area contributed by atoms with Crippen LogP contribution in [0.2, 0.25) is 0 Å². The fraction of sp³-hybridized carbons (Fsp3) is 0.364. The van der Waals surface area contributed by atoms with Gasteiger partial charge in [-0.2, -0.15) is 10.2 Å². The molecule has 0 bridgehead atoms. The molecule has 2 rings (SSSR count). The molecule has 9 heteroatoms. The lowest BCUT2D eigenvalue weighted by Gasteiger charge is -2.11. The molecular formula is C11H12IN5O3. The molecular weight excluding hydrogens is 377 g/mol. The molecule has 1 unspecified atom stereocenters. The normalized spacial score (nSPS) is 12.4. The first-order valence-corrected chi connectivity index (χ1v) is 6.85. The van der Waals surface area contributed by atoms with Gasteiger partial charge in [-0.25, -0.2) is 4.68 Å². The molecule has 0 fully saturated rings. The molecule has 20 heavy (non-hydrogen) atoms. The Balaban J connectivity index is 2.32. The van der Waals surface area contributed by atoms with Crippen LogP contribution in [0, 0.1) is 27.5 Å². The van der Waals surface area contributed by atoms with E-state index in [1.807, 2.05) is 6.92 Å². The third kappa shape index (κ3) is 2.44. The van der Waals surface area contributed by atoms with E-state index in [9.17, 15) is 14.9 Å². The van der Waals surface area contributed by atoms with E-state index in [0.29, 0.717) is 0 Å². The minimum Gasteiger partial charge on any atom is -0.270 e. The van der Waals surface area contributed by atoms with E-state index in [0.717, 1.165) is 21.2 Å². The van der Waals surface area contributed by atoms with Gasteiger partial charge in [0.2, 0.25) is 0 Å². The van der Waals surface area contributed by atoms with Gasteiger partial charge in [0.25, 0.3) is 5.91 Å². The van der Waals surface area contributed by atoms with E-state index < -0.39 is 11.0 Å². The lowest BCUT2D eigenvalue weighted by atomic mass is 10.3. The van der Waals surface area contributed by atoms with Crippen molar-refractivity contribution in [1.82, 2.24) is 19.6 Å². The van der Waals surface area contributed by atoms with Gasteiger partial charge in [0, 0.05) is 0 Å².